The Hall–Kier alpha value is -1.94. The van der Waals surface area contributed by atoms with E-state index in [0.29, 0.717) is 25.7 Å². The van der Waals surface area contributed by atoms with E-state index in [0.717, 1.165) is 108 Å². The lowest BCUT2D eigenvalue weighted by atomic mass is 9.99. The first-order valence-corrected chi connectivity index (χ1v) is 46.4. The van der Waals surface area contributed by atoms with Crippen LogP contribution in [-0.2, 0) is 65.4 Å². The number of unbranched alkanes of at least 4 members (excludes halogenated alkanes) is 48. The summed E-state index contributed by atoms with van der Waals surface area (Å²) < 4.78 is 68.9. The molecule has 0 heterocycles. The summed E-state index contributed by atoms with van der Waals surface area (Å²) in [6.07, 6.45) is 63.6. The average molecular weight is 1510 g/mol. The molecule has 0 saturated carbocycles. The molecule has 0 aromatic carbocycles. The zero-order valence-corrected chi connectivity index (χ0v) is 69.6. The summed E-state index contributed by atoms with van der Waals surface area (Å²) in [7, 11) is -9.93. The number of hydrogen-bond acceptors (Lipinski definition) is 15. The largest absolute Gasteiger partial charge is 0.472 e. The molecule has 103 heavy (non-hydrogen) atoms. The van der Waals surface area contributed by atoms with E-state index in [1.807, 2.05) is 0 Å². The van der Waals surface area contributed by atoms with Crippen LogP contribution in [0.3, 0.4) is 0 Å². The molecule has 4 unspecified atom stereocenters. The quantitative estimate of drug-likeness (QED) is 0.0222. The zero-order valence-electron chi connectivity index (χ0n) is 67.8. The van der Waals surface area contributed by atoms with E-state index < -0.39 is 97.5 Å². The SMILES string of the molecule is CCCCCCCCCCCCCCCCCCCCC(=O)OC[C@H](COP(=O)(O)OC[C@@H](O)COP(=O)(O)OC[C@@H](COC(=O)CCCCCCCCCCCCC(C)C)OC(=O)CCCCCCCCCCCCC(C)CC)OC(=O)CCCCCCCCCCCCCCCCC(C)CC. The molecular weight excluding hydrogens is 1340 g/mol. The monoisotopic (exact) mass is 1510 g/mol. The number of phosphoric ester groups is 2. The molecule has 17 nitrogen and oxygen atoms in total. The van der Waals surface area contributed by atoms with Gasteiger partial charge in [-0.3, -0.25) is 37.3 Å². The maximum Gasteiger partial charge on any atom is 0.472 e. The molecule has 0 aromatic rings. The van der Waals surface area contributed by atoms with Crippen molar-refractivity contribution < 1.29 is 80.2 Å². The highest BCUT2D eigenvalue weighted by Crippen LogP contribution is 2.45. The molecule has 0 saturated heterocycles. The average Bonchev–Trinajstić information content (AvgIpc) is 0.909. The maximum atomic E-state index is 13.1. The molecule has 0 aliphatic carbocycles. The summed E-state index contributed by atoms with van der Waals surface area (Å²) in [5.74, 6) is 0.301. The van der Waals surface area contributed by atoms with Crippen LogP contribution in [0.1, 0.15) is 440 Å². The van der Waals surface area contributed by atoms with Gasteiger partial charge in [0.15, 0.2) is 12.2 Å². The molecule has 0 rings (SSSR count). The molecule has 0 amide bonds. The third kappa shape index (κ3) is 75.3. The number of carbonyl (C=O) groups excluding carboxylic acids is 4. The van der Waals surface area contributed by atoms with Crippen molar-refractivity contribution in [2.45, 2.75) is 458 Å². The van der Waals surface area contributed by atoms with Crippen molar-refractivity contribution in [2.75, 3.05) is 39.6 Å². The number of phosphoric acid groups is 2. The summed E-state index contributed by atoms with van der Waals surface area (Å²) in [6, 6.07) is 0. The summed E-state index contributed by atoms with van der Waals surface area (Å²) in [6.45, 7) is 12.0. The van der Waals surface area contributed by atoms with Gasteiger partial charge < -0.3 is 33.8 Å². The number of aliphatic hydroxyl groups is 1. The third-order valence-electron chi connectivity index (χ3n) is 20.4. The summed E-state index contributed by atoms with van der Waals surface area (Å²) in [4.78, 5) is 73.2. The van der Waals surface area contributed by atoms with E-state index in [2.05, 4.69) is 48.5 Å². The van der Waals surface area contributed by atoms with E-state index in [4.69, 9.17) is 37.0 Å². The molecular formula is C84H164O17P2. The van der Waals surface area contributed by atoms with Crippen LogP contribution < -0.4 is 0 Å². The van der Waals surface area contributed by atoms with Gasteiger partial charge in [-0.2, -0.15) is 0 Å². The Morgan fingerprint density at radius 3 is 0.738 bits per heavy atom. The van der Waals surface area contributed by atoms with Crippen LogP contribution in [0.2, 0.25) is 0 Å². The van der Waals surface area contributed by atoms with Crippen LogP contribution in [-0.4, -0.2) is 96.7 Å². The van der Waals surface area contributed by atoms with Gasteiger partial charge in [-0.25, -0.2) is 9.13 Å². The van der Waals surface area contributed by atoms with Crippen molar-refractivity contribution in [1.29, 1.82) is 0 Å². The van der Waals surface area contributed by atoms with E-state index in [1.165, 1.54) is 250 Å². The van der Waals surface area contributed by atoms with Crippen molar-refractivity contribution in [2.24, 2.45) is 17.8 Å². The summed E-state index contributed by atoms with van der Waals surface area (Å²) in [5.41, 5.74) is 0. The Morgan fingerprint density at radius 1 is 0.282 bits per heavy atom. The Balaban J connectivity index is 5.27. The molecule has 7 atom stereocenters. The normalized spacial score (nSPS) is 14.4. The lowest BCUT2D eigenvalue weighted by Gasteiger charge is -2.21. The minimum absolute atomic E-state index is 0.106. The van der Waals surface area contributed by atoms with Crippen LogP contribution in [0.15, 0.2) is 0 Å². The zero-order chi connectivity index (χ0) is 75.8. The van der Waals surface area contributed by atoms with Crippen LogP contribution in [0.25, 0.3) is 0 Å². The van der Waals surface area contributed by atoms with Gasteiger partial charge in [0, 0.05) is 25.7 Å². The van der Waals surface area contributed by atoms with Crippen LogP contribution in [0.4, 0.5) is 0 Å². The van der Waals surface area contributed by atoms with Crippen molar-refractivity contribution >= 4 is 39.5 Å². The van der Waals surface area contributed by atoms with E-state index in [-0.39, 0.29) is 25.7 Å². The van der Waals surface area contributed by atoms with Crippen molar-refractivity contribution in [3.8, 4) is 0 Å². The number of aliphatic hydroxyl groups excluding tert-OH is 1. The van der Waals surface area contributed by atoms with E-state index in [9.17, 15) is 43.2 Å². The molecule has 0 spiro atoms. The lowest BCUT2D eigenvalue weighted by molar-refractivity contribution is -0.161. The smallest absolute Gasteiger partial charge is 0.462 e. The van der Waals surface area contributed by atoms with Crippen LogP contribution >= 0.6 is 15.6 Å². The first-order chi connectivity index (χ1) is 49.8. The number of rotatable bonds is 82. The number of carbonyl (C=O) groups is 4. The fourth-order valence-electron chi connectivity index (χ4n) is 13.0. The second-order valence-corrected chi connectivity index (χ2v) is 34.1. The van der Waals surface area contributed by atoms with Gasteiger partial charge in [0.25, 0.3) is 0 Å². The van der Waals surface area contributed by atoms with Crippen LogP contribution in [0, 0.1) is 17.8 Å². The molecule has 0 fully saturated rings. The minimum atomic E-state index is -4.97. The molecule has 0 bridgehead atoms. The summed E-state index contributed by atoms with van der Waals surface area (Å²) >= 11 is 0. The highest BCUT2D eigenvalue weighted by molar-refractivity contribution is 7.47. The molecule has 3 N–H and O–H groups in total. The minimum Gasteiger partial charge on any atom is -0.462 e. The summed E-state index contributed by atoms with van der Waals surface area (Å²) in [5, 5.41) is 10.7. The van der Waals surface area contributed by atoms with Crippen molar-refractivity contribution in [3.63, 3.8) is 0 Å². The van der Waals surface area contributed by atoms with Gasteiger partial charge in [-0.1, -0.05) is 389 Å². The number of esters is 4. The molecule has 19 heteroatoms. The molecule has 612 valence electrons. The highest BCUT2D eigenvalue weighted by atomic mass is 31.2. The Kier molecular flexibility index (Phi) is 72.8. The second kappa shape index (κ2) is 74.2. The predicted molar refractivity (Wildman–Crippen MR) is 423 cm³/mol. The van der Waals surface area contributed by atoms with Gasteiger partial charge in [0.2, 0.25) is 0 Å². The Bertz CT molecular complexity index is 2000. The molecule has 0 aliphatic rings. The third-order valence-corrected chi connectivity index (χ3v) is 22.3. The van der Waals surface area contributed by atoms with Gasteiger partial charge in [0.05, 0.1) is 26.4 Å². The second-order valence-electron chi connectivity index (χ2n) is 31.2. The van der Waals surface area contributed by atoms with Gasteiger partial charge in [0.1, 0.15) is 19.3 Å². The standard InChI is InChI=1S/C84H164O17P2/c1-8-11-12-13-14-15-16-17-18-19-20-21-25-28-37-44-51-58-65-81(86)94-71-79(100-83(88)67-60-53-46-39-29-26-23-22-24-27-35-42-49-56-63-76(6)9-2)73-98-102(90,91)96-69-78(85)70-97-103(92,93)99-74-80(72-95-82(87)66-59-52-45-38-32-30-34-41-48-55-62-75(4)5)101-84(89)68-61-54-47-40-33-31-36-43-50-57-64-77(7)10-3/h75-80,85H,8-74H2,1-7H3,(H,90,91)(H,92,93)/t76?,77?,78-,79-,80-/m1/s1. The van der Waals surface area contributed by atoms with Gasteiger partial charge in [-0.05, 0) is 43.4 Å². The first kappa shape index (κ1) is 101. The Labute approximate surface area is 632 Å². The number of ether oxygens (including phenoxy) is 4. The number of hydrogen-bond donors (Lipinski definition) is 3. The fraction of sp³-hybridized carbons (Fsp3) is 0.952. The molecule has 0 aromatic heterocycles. The van der Waals surface area contributed by atoms with Crippen LogP contribution in [0.5, 0.6) is 0 Å². The Morgan fingerprint density at radius 2 is 0.495 bits per heavy atom. The fourth-order valence-corrected chi connectivity index (χ4v) is 14.5. The highest BCUT2D eigenvalue weighted by Gasteiger charge is 2.30. The van der Waals surface area contributed by atoms with E-state index >= 15 is 0 Å². The van der Waals surface area contributed by atoms with Crippen molar-refractivity contribution in [1.82, 2.24) is 0 Å². The first-order valence-electron chi connectivity index (χ1n) is 43.4. The van der Waals surface area contributed by atoms with E-state index in [1.54, 1.807) is 0 Å². The molecule has 0 radical (unpaired) electrons. The van der Waals surface area contributed by atoms with Crippen molar-refractivity contribution in [3.05, 3.63) is 0 Å². The topological polar surface area (TPSA) is 237 Å². The lowest BCUT2D eigenvalue weighted by Crippen LogP contribution is -2.30. The van der Waals surface area contributed by atoms with Gasteiger partial charge in [-0.15, -0.1) is 0 Å². The maximum absolute atomic E-state index is 13.1. The molecule has 0 aliphatic heterocycles. The predicted octanol–water partition coefficient (Wildman–Crippen LogP) is 25.3. The van der Waals surface area contributed by atoms with Gasteiger partial charge >= 0.3 is 39.5 Å².